The van der Waals surface area contributed by atoms with Crippen molar-refractivity contribution < 1.29 is 9.59 Å². The lowest BCUT2D eigenvalue weighted by Crippen LogP contribution is -2.49. The molecule has 2 heterocycles. The summed E-state index contributed by atoms with van der Waals surface area (Å²) >= 11 is 0. The topological polar surface area (TPSA) is 53.5 Å². The number of likely N-dealkylation sites (tertiary alicyclic amines) is 1. The molecule has 0 bridgehead atoms. The number of benzene rings is 1. The van der Waals surface area contributed by atoms with Crippen molar-refractivity contribution in [1.29, 1.82) is 0 Å². The number of carbonyl (C=O) groups excluding carboxylic acids is 2. The summed E-state index contributed by atoms with van der Waals surface area (Å²) in [7, 11) is 0. The zero-order chi connectivity index (χ0) is 19.2. The van der Waals surface area contributed by atoms with Gasteiger partial charge in [0.15, 0.2) is 5.78 Å². The third-order valence-electron chi connectivity index (χ3n) is 5.28. The molecular formula is C22H27N3O2. The quantitative estimate of drug-likeness (QED) is 0.736. The molecule has 2 aromatic rings. The highest BCUT2D eigenvalue weighted by Crippen LogP contribution is 2.21. The van der Waals surface area contributed by atoms with Gasteiger partial charge in [0, 0.05) is 43.6 Å². The summed E-state index contributed by atoms with van der Waals surface area (Å²) in [6.07, 6.45) is 5.69. The molecule has 1 amide bonds. The smallest absolute Gasteiger partial charge is 0.254 e. The van der Waals surface area contributed by atoms with E-state index in [0.717, 1.165) is 32.5 Å². The third-order valence-corrected chi connectivity index (χ3v) is 5.28. The number of hydrogen-bond acceptors (Lipinski definition) is 4. The van der Waals surface area contributed by atoms with Crippen molar-refractivity contribution in [2.24, 2.45) is 0 Å². The first-order chi connectivity index (χ1) is 13.1. The fraction of sp³-hybridized carbons (Fsp3) is 0.409. The van der Waals surface area contributed by atoms with Gasteiger partial charge in [0.25, 0.3) is 5.91 Å². The van der Waals surface area contributed by atoms with Crippen molar-refractivity contribution in [2.75, 3.05) is 19.6 Å². The Kier molecular flexibility index (Phi) is 6.35. The highest BCUT2D eigenvalue weighted by atomic mass is 16.2. The van der Waals surface area contributed by atoms with Crippen LogP contribution in [0.5, 0.6) is 0 Å². The number of aromatic nitrogens is 1. The molecule has 1 fully saturated rings. The number of pyridine rings is 1. The van der Waals surface area contributed by atoms with Gasteiger partial charge in [-0.05, 0) is 50.1 Å². The summed E-state index contributed by atoms with van der Waals surface area (Å²) in [6.45, 7) is 6.90. The maximum atomic E-state index is 13.1. The molecule has 27 heavy (non-hydrogen) atoms. The van der Waals surface area contributed by atoms with Crippen molar-refractivity contribution in [3.05, 3.63) is 65.5 Å². The maximum Gasteiger partial charge on any atom is 0.254 e. The lowest BCUT2D eigenvalue weighted by molar-refractivity contribution is 0.0567. The Morgan fingerprint density at radius 3 is 2.52 bits per heavy atom. The summed E-state index contributed by atoms with van der Waals surface area (Å²) in [5, 5.41) is 0. The molecule has 0 saturated carbocycles. The third kappa shape index (κ3) is 4.61. The average molecular weight is 365 g/mol. The first kappa shape index (κ1) is 19.2. The van der Waals surface area contributed by atoms with Gasteiger partial charge in [0.2, 0.25) is 0 Å². The van der Waals surface area contributed by atoms with Gasteiger partial charge in [-0.25, -0.2) is 0 Å². The largest absolute Gasteiger partial charge is 0.337 e. The van der Waals surface area contributed by atoms with E-state index in [4.69, 9.17) is 0 Å². The zero-order valence-corrected chi connectivity index (χ0v) is 16.1. The molecule has 5 heteroatoms. The van der Waals surface area contributed by atoms with Gasteiger partial charge in [-0.15, -0.1) is 0 Å². The number of rotatable bonds is 6. The molecule has 1 aliphatic heterocycles. The molecule has 142 valence electrons. The number of amides is 1. The maximum absolute atomic E-state index is 13.1. The van der Waals surface area contributed by atoms with Gasteiger partial charge in [0.05, 0.1) is 5.56 Å². The first-order valence-electron chi connectivity index (χ1n) is 9.62. The Bertz CT molecular complexity index is 791. The molecule has 0 aliphatic carbocycles. The molecule has 3 rings (SSSR count). The van der Waals surface area contributed by atoms with Crippen LogP contribution in [0, 0.1) is 0 Å². The van der Waals surface area contributed by atoms with Crippen LogP contribution in [-0.2, 0) is 6.54 Å². The molecule has 1 atom stereocenters. The van der Waals surface area contributed by atoms with E-state index in [1.54, 1.807) is 18.2 Å². The SMILES string of the molecule is CCN(Cc1ccncc1)[C@H]1CCCN(C(=O)c2ccccc2C(C)=O)C1. The van der Waals surface area contributed by atoms with Crippen molar-refractivity contribution >= 4 is 11.7 Å². The van der Waals surface area contributed by atoms with Crippen LogP contribution in [0.4, 0.5) is 0 Å². The fourth-order valence-corrected chi connectivity index (χ4v) is 3.81. The summed E-state index contributed by atoms with van der Waals surface area (Å²) < 4.78 is 0. The molecule has 1 aromatic heterocycles. The molecule has 1 saturated heterocycles. The van der Waals surface area contributed by atoms with Crippen molar-refractivity contribution in [1.82, 2.24) is 14.8 Å². The van der Waals surface area contributed by atoms with Gasteiger partial charge in [-0.2, -0.15) is 0 Å². The molecule has 0 N–H and O–H groups in total. The zero-order valence-electron chi connectivity index (χ0n) is 16.1. The van der Waals surface area contributed by atoms with E-state index in [1.165, 1.54) is 12.5 Å². The minimum atomic E-state index is -0.0691. The molecule has 1 aliphatic rings. The molecule has 1 aromatic carbocycles. The molecule has 0 radical (unpaired) electrons. The number of likely N-dealkylation sites (N-methyl/N-ethyl adjacent to an activating group) is 1. The Morgan fingerprint density at radius 1 is 1.15 bits per heavy atom. The standard InChI is InChI=1S/C22H27N3O2/c1-3-24(15-18-10-12-23-13-11-18)19-7-6-14-25(16-19)22(27)21-9-5-4-8-20(21)17(2)26/h4-5,8-13,19H,3,6-7,14-16H2,1-2H3/t19-/m0/s1. The highest BCUT2D eigenvalue weighted by molar-refractivity contribution is 6.07. The number of piperidine rings is 1. The van der Waals surface area contributed by atoms with E-state index in [-0.39, 0.29) is 11.7 Å². The lowest BCUT2D eigenvalue weighted by atomic mass is 9.99. The highest BCUT2D eigenvalue weighted by Gasteiger charge is 2.29. The summed E-state index contributed by atoms with van der Waals surface area (Å²) in [6, 6.07) is 11.5. The summed E-state index contributed by atoms with van der Waals surface area (Å²) in [4.78, 5) is 33.4. The molecular weight excluding hydrogens is 338 g/mol. The lowest BCUT2D eigenvalue weighted by Gasteiger charge is -2.39. The minimum Gasteiger partial charge on any atom is -0.337 e. The number of nitrogens with zero attached hydrogens (tertiary/aromatic N) is 3. The van der Waals surface area contributed by atoms with Gasteiger partial charge < -0.3 is 4.90 Å². The fourth-order valence-electron chi connectivity index (χ4n) is 3.81. The van der Waals surface area contributed by atoms with Crippen molar-refractivity contribution in [3.63, 3.8) is 0 Å². The van der Waals surface area contributed by atoms with Crippen molar-refractivity contribution in [2.45, 2.75) is 39.3 Å². The van der Waals surface area contributed by atoms with Crippen molar-refractivity contribution in [3.8, 4) is 0 Å². The van der Waals surface area contributed by atoms with Gasteiger partial charge in [0.1, 0.15) is 0 Å². The van der Waals surface area contributed by atoms with E-state index in [9.17, 15) is 9.59 Å². The summed E-state index contributed by atoms with van der Waals surface area (Å²) in [5.74, 6) is -0.106. The second-order valence-electron chi connectivity index (χ2n) is 7.07. The van der Waals surface area contributed by atoms with Crippen LogP contribution in [0.15, 0.2) is 48.8 Å². The van der Waals surface area contributed by atoms with E-state index < -0.39 is 0 Å². The van der Waals surface area contributed by atoms with Gasteiger partial charge in [-0.3, -0.25) is 19.5 Å². The number of ketones is 1. The number of hydrogen-bond donors (Lipinski definition) is 0. The predicted octanol–water partition coefficient (Wildman–Crippen LogP) is 3.41. The van der Waals surface area contributed by atoms with Crippen LogP contribution in [-0.4, -0.2) is 52.2 Å². The van der Waals surface area contributed by atoms with Crippen LogP contribution in [0.3, 0.4) is 0 Å². The first-order valence-corrected chi connectivity index (χ1v) is 9.62. The van der Waals surface area contributed by atoms with Crippen LogP contribution >= 0.6 is 0 Å². The Morgan fingerprint density at radius 2 is 1.85 bits per heavy atom. The van der Waals surface area contributed by atoms with Crippen LogP contribution in [0.25, 0.3) is 0 Å². The van der Waals surface area contributed by atoms with E-state index in [2.05, 4.69) is 16.8 Å². The van der Waals surface area contributed by atoms with Crippen LogP contribution in [0.2, 0.25) is 0 Å². The molecule has 0 unspecified atom stereocenters. The second-order valence-corrected chi connectivity index (χ2v) is 7.07. The molecule has 0 spiro atoms. The monoisotopic (exact) mass is 365 g/mol. The number of Topliss-reactive ketones (excluding diaryl/α,β-unsaturated/α-hetero) is 1. The average Bonchev–Trinajstić information content (AvgIpc) is 2.72. The predicted molar refractivity (Wildman–Crippen MR) is 106 cm³/mol. The van der Waals surface area contributed by atoms with Crippen LogP contribution in [0.1, 0.15) is 53.0 Å². The minimum absolute atomic E-state index is 0.0366. The van der Waals surface area contributed by atoms with E-state index in [0.29, 0.717) is 23.7 Å². The Balaban J connectivity index is 1.73. The normalized spacial score (nSPS) is 17.1. The van der Waals surface area contributed by atoms with Crippen LogP contribution < -0.4 is 0 Å². The summed E-state index contributed by atoms with van der Waals surface area (Å²) in [5.41, 5.74) is 2.26. The van der Waals surface area contributed by atoms with Gasteiger partial charge in [-0.1, -0.05) is 25.1 Å². The Hall–Kier alpha value is -2.53. The van der Waals surface area contributed by atoms with Gasteiger partial charge >= 0.3 is 0 Å². The molecule has 5 nitrogen and oxygen atoms in total. The Labute approximate surface area is 161 Å². The van der Waals surface area contributed by atoms with E-state index in [1.807, 2.05) is 35.5 Å². The number of carbonyl (C=O) groups is 2. The second kappa shape index (κ2) is 8.91. The van der Waals surface area contributed by atoms with E-state index >= 15 is 0 Å².